The third-order valence-corrected chi connectivity index (χ3v) is 3.73. The Morgan fingerprint density at radius 2 is 2.35 bits per heavy atom. The van der Waals surface area contributed by atoms with Gasteiger partial charge < -0.3 is 10.6 Å². The van der Waals surface area contributed by atoms with E-state index in [9.17, 15) is 10.1 Å². The van der Waals surface area contributed by atoms with Gasteiger partial charge in [-0.05, 0) is 32.3 Å². The Bertz CT molecular complexity index is 554. The van der Waals surface area contributed by atoms with Crippen LogP contribution in [-0.2, 0) is 0 Å². The fourth-order valence-electron chi connectivity index (χ4n) is 2.75. The molecule has 20 heavy (non-hydrogen) atoms. The van der Waals surface area contributed by atoms with Crippen LogP contribution in [0.15, 0.2) is 12.1 Å². The Hall–Kier alpha value is -2.20. The number of aromatic nitrogens is 1. The summed E-state index contributed by atoms with van der Waals surface area (Å²) < 4.78 is 0. The lowest BCUT2D eigenvalue weighted by atomic mass is 9.96. The highest BCUT2D eigenvalue weighted by Gasteiger charge is 2.29. The van der Waals surface area contributed by atoms with Gasteiger partial charge in [-0.2, -0.15) is 5.26 Å². The maximum Gasteiger partial charge on any atom is 0.305 e. The average molecular weight is 275 g/mol. The molecule has 1 saturated heterocycles. The minimum Gasteiger partial charge on any atom is -0.350 e. The number of hydrogen-bond acceptors (Lipinski definition) is 6. The number of nitro groups is 1. The van der Waals surface area contributed by atoms with Crippen LogP contribution in [0.1, 0.15) is 31.9 Å². The van der Waals surface area contributed by atoms with E-state index in [4.69, 9.17) is 11.0 Å². The smallest absolute Gasteiger partial charge is 0.305 e. The third kappa shape index (κ3) is 2.56. The van der Waals surface area contributed by atoms with Crippen molar-refractivity contribution in [3.63, 3.8) is 0 Å². The summed E-state index contributed by atoms with van der Waals surface area (Å²) in [5, 5.41) is 19.9. The molecule has 2 rings (SSSR count). The fourth-order valence-corrected chi connectivity index (χ4v) is 2.75. The molecule has 106 valence electrons. The highest BCUT2D eigenvalue weighted by Crippen LogP contribution is 2.29. The standard InChI is InChI=1S/C13H17N5O2/c1-9-3-2-4-10(7-14)17(9)13-6-5-12(18(19)20)11(8-15)16-13/h5-6,9-10H,2-4,7,14H2,1H3. The van der Waals surface area contributed by atoms with Crippen molar-refractivity contribution in [1.29, 1.82) is 5.26 Å². The summed E-state index contributed by atoms with van der Waals surface area (Å²) in [6, 6.07) is 5.16. The van der Waals surface area contributed by atoms with Gasteiger partial charge in [0.05, 0.1) is 4.92 Å². The minimum atomic E-state index is -0.588. The monoisotopic (exact) mass is 275 g/mol. The first-order chi connectivity index (χ1) is 9.58. The number of rotatable bonds is 3. The van der Waals surface area contributed by atoms with Crippen LogP contribution < -0.4 is 10.6 Å². The molecule has 1 aromatic heterocycles. The van der Waals surface area contributed by atoms with E-state index in [1.54, 1.807) is 12.1 Å². The van der Waals surface area contributed by atoms with Crippen LogP contribution in [0, 0.1) is 21.4 Å². The molecule has 0 aliphatic carbocycles. The molecule has 0 amide bonds. The first-order valence-corrected chi connectivity index (χ1v) is 6.62. The van der Waals surface area contributed by atoms with Gasteiger partial charge in [0, 0.05) is 24.7 Å². The van der Waals surface area contributed by atoms with Crippen molar-refractivity contribution in [3.05, 3.63) is 27.9 Å². The largest absolute Gasteiger partial charge is 0.350 e. The summed E-state index contributed by atoms with van der Waals surface area (Å²) in [4.78, 5) is 16.5. The maximum absolute atomic E-state index is 10.8. The summed E-state index contributed by atoms with van der Waals surface area (Å²) in [5.41, 5.74) is 5.39. The van der Waals surface area contributed by atoms with Gasteiger partial charge in [-0.1, -0.05) is 0 Å². The SMILES string of the molecule is CC1CCCC(CN)N1c1ccc([N+](=O)[O-])c(C#N)n1. The highest BCUT2D eigenvalue weighted by molar-refractivity contribution is 5.52. The number of anilines is 1. The molecule has 1 fully saturated rings. The molecule has 2 unspecified atom stereocenters. The van der Waals surface area contributed by atoms with Gasteiger partial charge in [0.25, 0.3) is 0 Å². The Morgan fingerprint density at radius 1 is 1.60 bits per heavy atom. The molecule has 2 heterocycles. The maximum atomic E-state index is 10.8. The molecule has 1 aromatic rings. The van der Waals surface area contributed by atoms with Crippen LogP contribution in [0.2, 0.25) is 0 Å². The Balaban J connectivity index is 2.41. The van der Waals surface area contributed by atoms with Crippen molar-refractivity contribution >= 4 is 11.5 Å². The molecule has 0 bridgehead atoms. The average Bonchev–Trinajstić information content (AvgIpc) is 2.46. The molecule has 0 spiro atoms. The number of nitriles is 1. The van der Waals surface area contributed by atoms with Crippen molar-refractivity contribution in [2.24, 2.45) is 5.73 Å². The molecule has 0 saturated carbocycles. The second kappa shape index (κ2) is 5.84. The number of nitrogens with two attached hydrogens (primary N) is 1. The number of hydrogen-bond donors (Lipinski definition) is 1. The molecular formula is C13H17N5O2. The Morgan fingerprint density at radius 3 is 2.95 bits per heavy atom. The lowest BCUT2D eigenvalue weighted by Gasteiger charge is -2.41. The van der Waals surface area contributed by atoms with Gasteiger partial charge in [-0.15, -0.1) is 0 Å². The van der Waals surface area contributed by atoms with E-state index in [2.05, 4.69) is 16.8 Å². The first-order valence-electron chi connectivity index (χ1n) is 6.62. The Labute approximate surface area is 117 Å². The summed E-state index contributed by atoms with van der Waals surface area (Å²) >= 11 is 0. The van der Waals surface area contributed by atoms with Crippen LogP contribution >= 0.6 is 0 Å². The second-order valence-electron chi connectivity index (χ2n) is 4.98. The number of pyridine rings is 1. The molecule has 2 N–H and O–H groups in total. The quantitative estimate of drug-likeness (QED) is 0.662. The highest BCUT2D eigenvalue weighted by atomic mass is 16.6. The van der Waals surface area contributed by atoms with Gasteiger partial charge in [0.15, 0.2) is 0 Å². The summed E-state index contributed by atoms with van der Waals surface area (Å²) in [6.45, 7) is 2.59. The second-order valence-corrected chi connectivity index (χ2v) is 4.98. The summed E-state index contributed by atoms with van der Waals surface area (Å²) in [7, 11) is 0. The number of nitrogens with zero attached hydrogens (tertiary/aromatic N) is 4. The molecule has 1 aliphatic heterocycles. The third-order valence-electron chi connectivity index (χ3n) is 3.73. The van der Waals surface area contributed by atoms with Crippen LogP contribution in [0.25, 0.3) is 0 Å². The predicted octanol–water partition coefficient (Wildman–Crippen LogP) is 1.57. The summed E-state index contributed by atoms with van der Waals surface area (Å²) in [6.07, 6.45) is 3.11. The minimum absolute atomic E-state index is 0.152. The zero-order chi connectivity index (χ0) is 14.7. The Kier molecular flexibility index (Phi) is 4.15. The first kappa shape index (κ1) is 14.2. The fraction of sp³-hybridized carbons (Fsp3) is 0.538. The molecule has 7 nitrogen and oxygen atoms in total. The van der Waals surface area contributed by atoms with Gasteiger partial charge >= 0.3 is 5.69 Å². The van der Waals surface area contributed by atoms with Gasteiger partial charge in [0.1, 0.15) is 11.9 Å². The van der Waals surface area contributed by atoms with Crippen LogP contribution in [0.4, 0.5) is 11.5 Å². The molecule has 7 heteroatoms. The van der Waals surface area contributed by atoms with Gasteiger partial charge in [-0.3, -0.25) is 10.1 Å². The van der Waals surface area contributed by atoms with Crippen molar-refractivity contribution < 1.29 is 4.92 Å². The predicted molar refractivity (Wildman–Crippen MR) is 74.2 cm³/mol. The van der Waals surface area contributed by atoms with Gasteiger partial charge in [-0.25, -0.2) is 4.98 Å². The summed E-state index contributed by atoms with van der Waals surface area (Å²) in [5.74, 6) is 0.592. The van der Waals surface area contributed by atoms with Gasteiger partial charge in [0.2, 0.25) is 5.69 Å². The molecular weight excluding hydrogens is 258 g/mol. The van der Waals surface area contributed by atoms with Crippen LogP contribution in [0.5, 0.6) is 0 Å². The van der Waals surface area contributed by atoms with Crippen LogP contribution in [0.3, 0.4) is 0 Å². The molecule has 2 atom stereocenters. The lowest BCUT2D eigenvalue weighted by Crippen LogP contribution is -2.49. The van der Waals surface area contributed by atoms with Crippen LogP contribution in [-0.4, -0.2) is 28.5 Å². The topological polar surface area (TPSA) is 109 Å². The van der Waals surface area contributed by atoms with E-state index in [0.717, 1.165) is 19.3 Å². The lowest BCUT2D eigenvalue weighted by molar-refractivity contribution is -0.385. The van der Waals surface area contributed by atoms with E-state index in [1.165, 1.54) is 6.07 Å². The van der Waals surface area contributed by atoms with E-state index in [-0.39, 0.29) is 23.5 Å². The van der Waals surface area contributed by atoms with Crippen molar-refractivity contribution in [3.8, 4) is 6.07 Å². The molecule has 0 aromatic carbocycles. The van der Waals surface area contributed by atoms with Crippen molar-refractivity contribution in [2.75, 3.05) is 11.4 Å². The van der Waals surface area contributed by atoms with Crippen molar-refractivity contribution in [2.45, 2.75) is 38.3 Å². The zero-order valence-electron chi connectivity index (χ0n) is 11.3. The van der Waals surface area contributed by atoms with E-state index in [0.29, 0.717) is 12.4 Å². The van der Waals surface area contributed by atoms with E-state index >= 15 is 0 Å². The number of piperidine rings is 1. The molecule has 1 aliphatic rings. The molecule has 0 radical (unpaired) electrons. The zero-order valence-corrected chi connectivity index (χ0v) is 11.3. The van der Waals surface area contributed by atoms with E-state index in [1.807, 2.05) is 0 Å². The van der Waals surface area contributed by atoms with E-state index < -0.39 is 4.92 Å². The van der Waals surface area contributed by atoms with Crippen molar-refractivity contribution in [1.82, 2.24) is 4.98 Å². The normalized spacial score (nSPS) is 22.4.